The van der Waals surface area contributed by atoms with Crippen LogP contribution in [0.15, 0.2) is 24.3 Å². The molecule has 2 N–H and O–H groups in total. The largest absolute Gasteiger partial charge is 0.396 e. The molecule has 1 aromatic heterocycles. The summed E-state index contributed by atoms with van der Waals surface area (Å²) in [5, 5.41) is 18.8. The first-order valence-electron chi connectivity index (χ1n) is 7.50. The van der Waals surface area contributed by atoms with Crippen LogP contribution in [0.1, 0.15) is 32.3 Å². The molecule has 1 atom stereocenters. The number of benzene rings is 1. The summed E-state index contributed by atoms with van der Waals surface area (Å²) in [7, 11) is 1.77. The quantitative estimate of drug-likeness (QED) is 0.820. The van der Waals surface area contributed by atoms with E-state index in [0.717, 1.165) is 4.57 Å². The van der Waals surface area contributed by atoms with Crippen LogP contribution in [-0.4, -0.2) is 51.5 Å². The molecule has 23 heavy (non-hydrogen) atoms. The molecule has 128 valence electrons. The first kappa shape index (κ1) is 17.8. The summed E-state index contributed by atoms with van der Waals surface area (Å²) < 4.78 is 28.0. The number of fused-ring (bicyclic) bond motifs is 1. The van der Waals surface area contributed by atoms with Gasteiger partial charge in [0.15, 0.2) is 0 Å². The normalized spacial score (nSPS) is 14.1. The summed E-state index contributed by atoms with van der Waals surface area (Å²) in [5.41, 5.74) is 0.213. The van der Waals surface area contributed by atoms with Gasteiger partial charge in [-0.05, 0) is 26.1 Å². The average Bonchev–Trinajstić information content (AvgIpc) is 2.93. The van der Waals surface area contributed by atoms with Crippen molar-refractivity contribution in [2.75, 3.05) is 26.8 Å². The van der Waals surface area contributed by atoms with E-state index in [0.29, 0.717) is 17.6 Å². The Kier molecular flexibility index (Phi) is 5.33. The monoisotopic (exact) mass is 327 g/mol. The van der Waals surface area contributed by atoms with Gasteiger partial charge in [0.2, 0.25) is 0 Å². The van der Waals surface area contributed by atoms with Gasteiger partial charge in [0.05, 0.1) is 30.3 Å². The number of nitrogens with zero attached hydrogens (tertiary/aromatic N) is 3. The van der Waals surface area contributed by atoms with Gasteiger partial charge in [-0.2, -0.15) is 8.78 Å². The summed E-state index contributed by atoms with van der Waals surface area (Å²) in [4.78, 5) is 6.16. The molecule has 1 heterocycles. The Morgan fingerprint density at radius 2 is 1.87 bits per heavy atom. The maximum Gasteiger partial charge on any atom is 0.320 e. The lowest BCUT2D eigenvalue weighted by atomic mass is 9.92. The van der Waals surface area contributed by atoms with E-state index in [-0.39, 0.29) is 19.0 Å². The topological polar surface area (TPSA) is 61.5 Å². The summed E-state index contributed by atoms with van der Waals surface area (Å²) in [6, 6.07) is 6.40. The van der Waals surface area contributed by atoms with Gasteiger partial charge in [0, 0.05) is 12.0 Å². The number of para-hydroxylation sites is 2. The number of aromatic nitrogens is 2. The number of hydrogen-bond donors (Lipinski definition) is 2. The van der Waals surface area contributed by atoms with Crippen molar-refractivity contribution in [2.45, 2.75) is 26.4 Å². The minimum absolute atomic E-state index is 0.189. The third-order valence-electron chi connectivity index (χ3n) is 4.25. The van der Waals surface area contributed by atoms with Gasteiger partial charge < -0.3 is 10.2 Å². The van der Waals surface area contributed by atoms with E-state index in [2.05, 4.69) is 4.98 Å². The fraction of sp³-hybridized carbons (Fsp3) is 0.562. The lowest BCUT2D eigenvalue weighted by Gasteiger charge is -2.33. The molecule has 1 unspecified atom stereocenters. The summed E-state index contributed by atoms with van der Waals surface area (Å²) in [5.74, 6) is 0.266. The van der Waals surface area contributed by atoms with E-state index in [9.17, 15) is 19.0 Å². The van der Waals surface area contributed by atoms with Gasteiger partial charge in [-0.3, -0.25) is 9.47 Å². The summed E-state index contributed by atoms with van der Waals surface area (Å²) >= 11 is 0. The van der Waals surface area contributed by atoms with Crippen LogP contribution in [0.2, 0.25) is 0 Å². The molecule has 0 saturated heterocycles. The molecule has 0 aliphatic carbocycles. The Morgan fingerprint density at radius 3 is 2.43 bits per heavy atom. The van der Waals surface area contributed by atoms with E-state index in [1.54, 1.807) is 45.2 Å². The number of aliphatic hydroxyl groups excluding tert-OH is 2. The number of imidazole rings is 1. The maximum absolute atomic E-state index is 13.5. The van der Waals surface area contributed by atoms with E-state index >= 15 is 0 Å². The van der Waals surface area contributed by atoms with E-state index in [4.69, 9.17) is 0 Å². The predicted molar refractivity (Wildman–Crippen MR) is 84.3 cm³/mol. The molecule has 2 rings (SSSR count). The van der Waals surface area contributed by atoms with Crippen LogP contribution >= 0.6 is 0 Å². The van der Waals surface area contributed by atoms with Gasteiger partial charge >= 0.3 is 6.55 Å². The molecule has 2 aromatic rings. The zero-order valence-corrected chi connectivity index (χ0v) is 13.6. The highest BCUT2D eigenvalue weighted by molar-refractivity contribution is 5.76. The molecule has 0 spiro atoms. The molecular formula is C16H23F2N3O2. The van der Waals surface area contributed by atoms with Crippen molar-refractivity contribution in [2.24, 2.45) is 5.41 Å². The molecule has 0 aliphatic heterocycles. The van der Waals surface area contributed by atoms with Gasteiger partial charge in [-0.1, -0.05) is 19.1 Å². The Morgan fingerprint density at radius 1 is 1.26 bits per heavy atom. The van der Waals surface area contributed by atoms with Gasteiger partial charge in [-0.15, -0.1) is 0 Å². The average molecular weight is 327 g/mol. The lowest BCUT2D eigenvalue weighted by Crippen LogP contribution is -2.40. The molecule has 5 nitrogen and oxygen atoms in total. The summed E-state index contributed by atoms with van der Waals surface area (Å²) in [6.45, 7) is 0.822. The zero-order chi connectivity index (χ0) is 17.2. The predicted octanol–water partition coefficient (Wildman–Crippen LogP) is 2.42. The molecule has 0 aliphatic rings. The Labute approximate surface area is 134 Å². The molecular weight excluding hydrogens is 304 g/mol. The molecule has 0 bridgehead atoms. The van der Waals surface area contributed by atoms with Gasteiger partial charge in [-0.25, -0.2) is 4.98 Å². The second kappa shape index (κ2) is 6.90. The number of rotatable bonds is 7. The minimum Gasteiger partial charge on any atom is -0.396 e. The Hall–Kier alpha value is -1.57. The SMILES string of the molecule is CC(c1nc2ccccc2n1C(F)F)N(C)CC(C)(CO)CO. The van der Waals surface area contributed by atoms with Crippen molar-refractivity contribution < 1.29 is 19.0 Å². The van der Waals surface area contributed by atoms with Crippen molar-refractivity contribution in [3.05, 3.63) is 30.1 Å². The number of alkyl halides is 2. The zero-order valence-electron chi connectivity index (χ0n) is 13.6. The van der Waals surface area contributed by atoms with Crippen LogP contribution in [-0.2, 0) is 0 Å². The second-order valence-corrected chi connectivity index (χ2v) is 6.32. The van der Waals surface area contributed by atoms with Crippen LogP contribution in [0.3, 0.4) is 0 Å². The molecule has 0 saturated carbocycles. The fourth-order valence-corrected chi connectivity index (χ4v) is 2.65. The Balaban J connectivity index is 2.37. The van der Waals surface area contributed by atoms with Crippen LogP contribution in [0.5, 0.6) is 0 Å². The smallest absolute Gasteiger partial charge is 0.320 e. The first-order chi connectivity index (χ1) is 10.8. The van der Waals surface area contributed by atoms with Crippen LogP contribution in [0, 0.1) is 5.41 Å². The number of halogens is 2. The number of hydrogen-bond acceptors (Lipinski definition) is 4. The summed E-state index contributed by atoms with van der Waals surface area (Å²) in [6.07, 6.45) is 0. The Bertz CT molecular complexity index is 656. The third kappa shape index (κ3) is 3.52. The second-order valence-electron chi connectivity index (χ2n) is 6.32. The van der Waals surface area contributed by atoms with E-state index < -0.39 is 18.0 Å². The van der Waals surface area contributed by atoms with E-state index in [1.165, 1.54) is 0 Å². The third-order valence-corrected chi connectivity index (χ3v) is 4.25. The van der Waals surface area contributed by atoms with Gasteiger partial charge in [0.1, 0.15) is 5.82 Å². The van der Waals surface area contributed by atoms with Crippen molar-refractivity contribution in [1.29, 1.82) is 0 Å². The minimum atomic E-state index is -2.68. The highest BCUT2D eigenvalue weighted by Crippen LogP contribution is 2.30. The molecule has 0 fully saturated rings. The maximum atomic E-state index is 13.5. The van der Waals surface area contributed by atoms with Crippen LogP contribution < -0.4 is 0 Å². The first-order valence-corrected chi connectivity index (χ1v) is 7.50. The molecule has 0 amide bonds. The van der Waals surface area contributed by atoms with Crippen molar-refractivity contribution in [3.63, 3.8) is 0 Å². The van der Waals surface area contributed by atoms with Crippen LogP contribution in [0.4, 0.5) is 8.78 Å². The standard InChI is InChI=1S/C16H23F2N3O2/c1-11(20(3)8-16(2,9-22)10-23)14-19-12-6-4-5-7-13(12)21(14)15(17)18/h4-7,11,15,22-23H,8-10H2,1-3H3. The highest BCUT2D eigenvalue weighted by Gasteiger charge is 2.29. The molecule has 0 radical (unpaired) electrons. The lowest BCUT2D eigenvalue weighted by molar-refractivity contribution is 0.0268. The molecule has 1 aromatic carbocycles. The van der Waals surface area contributed by atoms with Crippen LogP contribution in [0.25, 0.3) is 11.0 Å². The van der Waals surface area contributed by atoms with E-state index in [1.807, 2.05) is 4.90 Å². The van der Waals surface area contributed by atoms with Crippen molar-refractivity contribution in [3.8, 4) is 0 Å². The van der Waals surface area contributed by atoms with Crippen molar-refractivity contribution in [1.82, 2.24) is 14.5 Å². The highest BCUT2D eigenvalue weighted by atomic mass is 19.3. The van der Waals surface area contributed by atoms with Crippen molar-refractivity contribution >= 4 is 11.0 Å². The molecule has 7 heteroatoms. The number of aliphatic hydroxyl groups is 2. The fourth-order valence-electron chi connectivity index (χ4n) is 2.65. The van der Waals surface area contributed by atoms with Gasteiger partial charge in [0.25, 0.3) is 0 Å².